The van der Waals surface area contributed by atoms with Crippen LogP contribution in [-0.2, 0) is 0 Å². The number of non-ortho nitro benzene ring substituents is 1. The number of benzene rings is 1. The van der Waals surface area contributed by atoms with E-state index in [0.29, 0.717) is 5.92 Å². The highest BCUT2D eigenvalue weighted by Gasteiger charge is 2.17. The van der Waals surface area contributed by atoms with Crippen molar-refractivity contribution >= 4 is 27.3 Å². The first-order valence-corrected chi connectivity index (χ1v) is 7.22. The van der Waals surface area contributed by atoms with Crippen LogP contribution in [0.5, 0.6) is 0 Å². The van der Waals surface area contributed by atoms with Crippen molar-refractivity contribution in [1.82, 2.24) is 4.90 Å². The van der Waals surface area contributed by atoms with Crippen LogP contribution in [0.4, 0.5) is 11.4 Å². The average Bonchev–Trinajstić information content (AvgIpc) is 2.37. The second-order valence-corrected chi connectivity index (χ2v) is 5.93. The molecule has 1 aliphatic rings. The van der Waals surface area contributed by atoms with Crippen LogP contribution in [0.25, 0.3) is 0 Å². The van der Waals surface area contributed by atoms with Gasteiger partial charge in [-0.15, -0.1) is 0 Å². The highest BCUT2D eigenvalue weighted by atomic mass is 79.9. The van der Waals surface area contributed by atoms with Crippen LogP contribution in [-0.4, -0.2) is 36.5 Å². The Bertz CT molecular complexity index is 467. The lowest BCUT2D eigenvalue weighted by molar-refractivity contribution is -0.384. The van der Waals surface area contributed by atoms with Crippen molar-refractivity contribution in [3.8, 4) is 0 Å². The summed E-state index contributed by atoms with van der Waals surface area (Å²) >= 11 is 3.42. The van der Waals surface area contributed by atoms with E-state index in [1.54, 1.807) is 12.1 Å². The van der Waals surface area contributed by atoms with Gasteiger partial charge in [0, 0.05) is 29.7 Å². The largest absolute Gasteiger partial charge is 0.384 e. The van der Waals surface area contributed by atoms with Gasteiger partial charge >= 0.3 is 0 Å². The van der Waals surface area contributed by atoms with Gasteiger partial charge in [-0.25, -0.2) is 0 Å². The monoisotopic (exact) mass is 327 g/mol. The molecular formula is C13H18BrN3O2. The van der Waals surface area contributed by atoms with Gasteiger partial charge in [-0.2, -0.15) is 0 Å². The number of rotatable bonds is 4. The van der Waals surface area contributed by atoms with Crippen LogP contribution in [0.3, 0.4) is 0 Å². The van der Waals surface area contributed by atoms with Crippen molar-refractivity contribution in [2.75, 3.05) is 32.0 Å². The van der Waals surface area contributed by atoms with Crippen molar-refractivity contribution in [1.29, 1.82) is 0 Å². The minimum Gasteiger partial charge on any atom is -0.384 e. The van der Waals surface area contributed by atoms with Crippen LogP contribution < -0.4 is 5.32 Å². The Morgan fingerprint density at radius 3 is 3.05 bits per heavy atom. The maximum Gasteiger partial charge on any atom is 0.271 e. The van der Waals surface area contributed by atoms with Crippen molar-refractivity contribution in [3.05, 3.63) is 32.8 Å². The molecule has 1 unspecified atom stereocenters. The van der Waals surface area contributed by atoms with Crippen LogP contribution in [0.15, 0.2) is 22.7 Å². The average molecular weight is 328 g/mol. The molecule has 0 aliphatic carbocycles. The zero-order valence-electron chi connectivity index (χ0n) is 10.9. The molecule has 5 nitrogen and oxygen atoms in total. The molecule has 104 valence electrons. The highest BCUT2D eigenvalue weighted by molar-refractivity contribution is 9.10. The summed E-state index contributed by atoms with van der Waals surface area (Å²) in [6.07, 6.45) is 2.43. The molecule has 1 heterocycles. The van der Waals surface area contributed by atoms with Gasteiger partial charge in [-0.05, 0) is 54.3 Å². The molecule has 1 aromatic carbocycles. The molecule has 1 aromatic rings. The van der Waals surface area contributed by atoms with Gasteiger partial charge in [0.2, 0.25) is 0 Å². The Morgan fingerprint density at radius 2 is 2.37 bits per heavy atom. The maximum absolute atomic E-state index is 10.8. The Kier molecular flexibility index (Phi) is 4.76. The fraction of sp³-hybridized carbons (Fsp3) is 0.538. The molecule has 19 heavy (non-hydrogen) atoms. The third kappa shape index (κ3) is 3.91. The van der Waals surface area contributed by atoms with Gasteiger partial charge in [-0.3, -0.25) is 10.1 Å². The molecule has 0 saturated carbocycles. The Labute approximate surface area is 121 Å². The molecular weight excluding hydrogens is 310 g/mol. The zero-order chi connectivity index (χ0) is 13.8. The van der Waals surface area contributed by atoms with Gasteiger partial charge in [0.05, 0.1) is 10.6 Å². The number of piperidine rings is 1. The standard InChI is InChI=1S/C13H18BrN3O2/c1-16-6-2-3-10(9-16)8-15-13-7-11(17(18)19)4-5-12(13)14/h4-5,7,10,15H,2-3,6,8-9H2,1H3. The molecule has 0 amide bonds. The van der Waals surface area contributed by atoms with Crippen LogP contribution >= 0.6 is 15.9 Å². The first-order chi connectivity index (χ1) is 9.06. The zero-order valence-corrected chi connectivity index (χ0v) is 12.5. The minimum absolute atomic E-state index is 0.117. The normalized spacial score (nSPS) is 20.2. The number of anilines is 1. The summed E-state index contributed by atoms with van der Waals surface area (Å²) in [5.74, 6) is 0.602. The van der Waals surface area contributed by atoms with E-state index in [1.165, 1.54) is 18.9 Å². The predicted octanol–water partition coefficient (Wildman–Crippen LogP) is 3.11. The van der Waals surface area contributed by atoms with E-state index in [-0.39, 0.29) is 10.6 Å². The van der Waals surface area contributed by atoms with Crippen molar-refractivity contribution in [3.63, 3.8) is 0 Å². The van der Waals surface area contributed by atoms with Gasteiger partial charge < -0.3 is 10.2 Å². The van der Waals surface area contributed by atoms with Gasteiger partial charge in [-0.1, -0.05) is 0 Å². The molecule has 0 aromatic heterocycles. The van der Waals surface area contributed by atoms with Crippen molar-refractivity contribution in [2.45, 2.75) is 12.8 Å². The quantitative estimate of drug-likeness (QED) is 0.681. The van der Waals surface area contributed by atoms with Crippen molar-refractivity contribution < 1.29 is 4.92 Å². The SMILES string of the molecule is CN1CCCC(CNc2cc([N+](=O)[O-])ccc2Br)C1. The molecule has 0 bridgehead atoms. The summed E-state index contributed by atoms with van der Waals surface area (Å²) in [7, 11) is 2.13. The van der Waals surface area contributed by atoms with E-state index >= 15 is 0 Å². The van der Waals surface area contributed by atoms with Crippen molar-refractivity contribution in [2.24, 2.45) is 5.92 Å². The van der Waals surface area contributed by atoms with E-state index in [9.17, 15) is 10.1 Å². The van der Waals surface area contributed by atoms with Crippen LogP contribution in [0, 0.1) is 16.0 Å². The fourth-order valence-corrected chi connectivity index (χ4v) is 2.84. The van der Waals surface area contributed by atoms with E-state index in [4.69, 9.17) is 0 Å². The Balaban J connectivity index is 1.98. The molecule has 1 fully saturated rings. The molecule has 2 rings (SSSR count). The molecule has 0 spiro atoms. The number of nitro benzene ring substituents is 1. The topological polar surface area (TPSA) is 58.4 Å². The first-order valence-electron chi connectivity index (χ1n) is 6.42. The molecule has 0 radical (unpaired) electrons. The highest BCUT2D eigenvalue weighted by Crippen LogP contribution is 2.27. The van der Waals surface area contributed by atoms with E-state index in [1.807, 2.05) is 0 Å². The summed E-state index contributed by atoms with van der Waals surface area (Å²) in [5.41, 5.74) is 0.911. The number of likely N-dealkylation sites (tertiary alicyclic amines) is 1. The smallest absolute Gasteiger partial charge is 0.271 e. The second kappa shape index (κ2) is 6.34. The van der Waals surface area contributed by atoms with Gasteiger partial charge in [0.25, 0.3) is 5.69 Å². The van der Waals surface area contributed by atoms with Crippen LogP contribution in [0.1, 0.15) is 12.8 Å². The number of halogens is 1. The fourth-order valence-electron chi connectivity index (χ4n) is 2.46. The van der Waals surface area contributed by atoms with Crippen LogP contribution in [0.2, 0.25) is 0 Å². The number of hydrogen-bond acceptors (Lipinski definition) is 4. The van der Waals surface area contributed by atoms with E-state index in [0.717, 1.165) is 29.8 Å². The summed E-state index contributed by atoms with van der Waals surface area (Å²) < 4.78 is 0.863. The van der Waals surface area contributed by atoms with Gasteiger partial charge in [0.1, 0.15) is 0 Å². The summed E-state index contributed by atoms with van der Waals surface area (Å²) in [6, 6.07) is 4.80. The summed E-state index contributed by atoms with van der Waals surface area (Å²) in [5, 5.41) is 14.1. The Morgan fingerprint density at radius 1 is 1.58 bits per heavy atom. The molecule has 1 N–H and O–H groups in total. The number of nitrogens with one attached hydrogen (secondary N) is 1. The number of nitro groups is 1. The third-order valence-electron chi connectivity index (χ3n) is 3.46. The third-order valence-corrected chi connectivity index (χ3v) is 4.16. The van der Waals surface area contributed by atoms with E-state index in [2.05, 4.69) is 33.2 Å². The molecule has 1 aliphatic heterocycles. The predicted molar refractivity (Wildman–Crippen MR) is 79.5 cm³/mol. The number of nitrogens with zero attached hydrogens (tertiary/aromatic N) is 2. The second-order valence-electron chi connectivity index (χ2n) is 5.07. The minimum atomic E-state index is -0.369. The van der Waals surface area contributed by atoms with E-state index < -0.39 is 0 Å². The lowest BCUT2D eigenvalue weighted by Gasteiger charge is -2.30. The summed E-state index contributed by atoms with van der Waals surface area (Å²) in [6.45, 7) is 3.10. The first kappa shape index (κ1) is 14.3. The summed E-state index contributed by atoms with van der Waals surface area (Å²) in [4.78, 5) is 12.7. The molecule has 1 atom stereocenters. The van der Waals surface area contributed by atoms with Gasteiger partial charge in [0.15, 0.2) is 0 Å². The number of hydrogen-bond donors (Lipinski definition) is 1. The maximum atomic E-state index is 10.8. The molecule has 1 saturated heterocycles. The Hall–Kier alpha value is -1.14. The lowest BCUT2D eigenvalue weighted by atomic mass is 9.98. The molecule has 6 heteroatoms. The lowest BCUT2D eigenvalue weighted by Crippen LogP contribution is -2.35.